The van der Waals surface area contributed by atoms with Crippen LogP contribution in [0.2, 0.25) is 0 Å². The van der Waals surface area contributed by atoms with Gasteiger partial charge in [0.25, 0.3) is 0 Å². The van der Waals surface area contributed by atoms with Crippen LogP contribution in [-0.2, 0) is 9.53 Å². The van der Waals surface area contributed by atoms with Crippen LogP contribution in [0, 0.1) is 35.5 Å². The van der Waals surface area contributed by atoms with Crippen LogP contribution in [0.15, 0.2) is 24.3 Å². The molecule has 0 N–H and O–H groups in total. The minimum atomic E-state index is 0.0682. The van der Waals surface area contributed by atoms with Gasteiger partial charge in [-0.3, -0.25) is 4.79 Å². The zero-order valence-electron chi connectivity index (χ0n) is 10.6. The number of carbonyl (C=O) groups is 1. The molecule has 0 spiro atoms. The van der Waals surface area contributed by atoms with E-state index in [0.717, 1.165) is 12.3 Å². The Labute approximate surface area is 108 Å². The average molecular weight is 244 g/mol. The van der Waals surface area contributed by atoms with Crippen LogP contribution < -0.4 is 0 Å². The van der Waals surface area contributed by atoms with Crippen molar-refractivity contribution in [3.63, 3.8) is 0 Å². The molecule has 18 heavy (non-hydrogen) atoms. The van der Waals surface area contributed by atoms with E-state index in [-0.39, 0.29) is 11.9 Å². The van der Waals surface area contributed by atoms with Crippen molar-refractivity contribution in [2.75, 3.05) is 6.61 Å². The topological polar surface area (TPSA) is 26.3 Å². The SMILES string of the molecule is O=C(OC[C@@H]1C[C@H]2C=C[C@H]1C2)[C@@H]1C[C@H]2C=C[C@H]1C2. The van der Waals surface area contributed by atoms with Crippen molar-refractivity contribution >= 4 is 5.97 Å². The minimum Gasteiger partial charge on any atom is -0.465 e. The van der Waals surface area contributed by atoms with E-state index in [4.69, 9.17) is 4.74 Å². The van der Waals surface area contributed by atoms with Gasteiger partial charge in [-0.15, -0.1) is 0 Å². The van der Waals surface area contributed by atoms with E-state index in [0.29, 0.717) is 30.3 Å². The smallest absolute Gasteiger partial charge is 0.309 e. The maximum atomic E-state index is 12.1. The molecule has 2 saturated carbocycles. The van der Waals surface area contributed by atoms with E-state index in [1.807, 2.05) is 0 Å². The Bertz CT molecular complexity index is 423. The van der Waals surface area contributed by atoms with Crippen LogP contribution in [0.1, 0.15) is 25.7 Å². The molecular formula is C16H20O2. The van der Waals surface area contributed by atoms with E-state index >= 15 is 0 Å². The lowest BCUT2D eigenvalue weighted by Crippen LogP contribution is -2.25. The summed E-state index contributed by atoms with van der Waals surface area (Å²) in [5.41, 5.74) is 0. The van der Waals surface area contributed by atoms with Crippen LogP contribution >= 0.6 is 0 Å². The Morgan fingerprint density at radius 1 is 0.944 bits per heavy atom. The van der Waals surface area contributed by atoms with Gasteiger partial charge in [0.05, 0.1) is 12.5 Å². The molecule has 0 aliphatic heterocycles. The fraction of sp³-hybridized carbons (Fsp3) is 0.688. The molecule has 2 fully saturated rings. The van der Waals surface area contributed by atoms with Crippen molar-refractivity contribution in [2.24, 2.45) is 35.5 Å². The third-order valence-electron chi connectivity index (χ3n) is 5.44. The van der Waals surface area contributed by atoms with Gasteiger partial charge in [0.15, 0.2) is 0 Å². The summed E-state index contributed by atoms with van der Waals surface area (Å²) in [7, 11) is 0. The fourth-order valence-corrected chi connectivity index (χ4v) is 4.43. The van der Waals surface area contributed by atoms with Crippen molar-refractivity contribution in [1.82, 2.24) is 0 Å². The molecule has 2 nitrogen and oxygen atoms in total. The second kappa shape index (κ2) is 3.97. The zero-order chi connectivity index (χ0) is 12.1. The predicted molar refractivity (Wildman–Crippen MR) is 68.6 cm³/mol. The van der Waals surface area contributed by atoms with Gasteiger partial charge in [0.1, 0.15) is 0 Å². The van der Waals surface area contributed by atoms with Gasteiger partial charge in [-0.25, -0.2) is 0 Å². The first kappa shape index (κ1) is 10.8. The molecule has 4 bridgehead atoms. The molecule has 0 aromatic heterocycles. The number of fused-ring (bicyclic) bond motifs is 4. The van der Waals surface area contributed by atoms with E-state index < -0.39 is 0 Å². The maximum Gasteiger partial charge on any atom is 0.309 e. The molecule has 0 aromatic rings. The molecule has 0 unspecified atom stereocenters. The third kappa shape index (κ3) is 1.65. The molecule has 0 amide bonds. The van der Waals surface area contributed by atoms with Gasteiger partial charge >= 0.3 is 5.97 Å². The molecular weight excluding hydrogens is 224 g/mol. The lowest BCUT2D eigenvalue weighted by molar-refractivity contribution is -0.151. The number of hydrogen-bond acceptors (Lipinski definition) is 2. The highest BCUT2D eigenvalue weighted by atomic mass is 16.5. The molecule has 0 heterocycles. The number of esters is 1. The van der Waals surface area contributed by atoms with Crippen molar-refractivity contribution in [2.45, 2.75) is 25.7 Å². The number of ether oxygens (including phenoxy) is 1. The highest BCUT2D eigenvalue weighted by Gasteiger charge is 2.42. The van der Waals surface area contributed by atoms with E-state index in [2.05, 4.69) is 24.3 Å². The molecule has 0 saturated heterocycles. The van der Waals surface area contributed by atoms with E-state index in [9.17, 15) is 4.79 Å². The normalized spacial score (nSPS) is 47.1. The van der Waals surface area contributed by atoms with Crippen LogP contribution in [0.4, 0.5) is 0 Å². The van der Waals surface area contributed by atoms with Crippen LogP contribution in [0.3, 0.4) is 0 Å². The quantitative estimate of drug-likeness (QED) is 0.563. The number of hydrogen-bond donors (Lipinski definition) is 0. The van der Waals surface area contributed by atoms with Gasteiger partial charge < -0.3 is 4.74 Å². The van der Waals surface area contributed by atoms with Crippen LogP contribution in [0.5, 0.6) is 0 Å². The first-order chi connectivity index (χ1) is 8.79. The van der Waals surface area contributed by atoms with E-state index in [1.54, 1.807) is 0 Å². The summed E-state index contributed by atoms with van der Waals surface area (Å²) in [5, 5.41) is 0. The van der Waals surface area contributed by atoms with Gasteiger partial charge in [-0.05, 0) is 55.3 Å². The second-order valence-electron chi connectivity index (χ2n) is 6.56. The molecule has 4 rings (SSSR count). The third-order valence-corrected chi connectivity index (χ3v) is 5.44. The summed E-state index contributed by atoms with van der Waals surface area (Å²) in [4.78, 5) is 12.1. The number of rotatable bonds is 3. The molecule has 6 atom stereocenters. The van der Waals surface area contributed by atoms with E-state index in [1.165, 1.54) is 19.3 Å². The summed E-state index contributed by atoms with van der Waals surface area (Å²) < 4.78 is 5.61. The standard InChI is InChI=1S/C16H20O2/c17-16(15-8-11-2-4-13(15)6-11)18-9-14-7-10-1-3-12(14)5-10/h1-4,10-15H,5-9H2/t10-,11-,12-,13-,14-,15+/m0/s1. The molecule has 0 aromatic carbocycles. The molecule has 0 radical (unpaired) electrons. The zero-order valence-corrected chi connectivity index (χ0v) is 10.6. The first-order valence-corrected chi connectivity index (χ1v) is 7.33. The Morgan fingerprint density at radius 3 is 2.22 bits per heavy atom. The highest BCUT2D eigenvalue weighted by molar-refractivity contribution is 5.74. The van der Waals surface area contributed by atoms with Gasteiger partial charge in [0, 0.05) is 0 Å². The van der Waals surface area contributed by atoms with Crippen molar-refractivity contribution in [1.29, 1.82) is 0 Å². The average Bonchev–Trinajstić information content (AvgIpc) is 3.13. The largest absolute Gasteiger partial charge is 0.465 e. The molecule has 96 valence electrons. The van der Waals surface area contributed by atoms with Gasteiger partial charge in [0.2, 0.25) is 0 Å². The van der Waals surface area contributed by atoms with Gasteiger partial charge in [-0.2, -0.15) is 0 Å². The second-order valence-corrected chi connectivity index (χ2v) is 6.56. The van der Waals surface area contributed by atoms with Crippen LogP contribution in [-0.4, -0.2) is 12.6 Å². The summed E-state index contributed by atoms with van der Waals surface area (Å²) in [6.45, 7) is 0.655. The van der Waals surface area contributed by atoms with Crippen molar-refractivity contribution in [3.05, 3.63) is 24.3 Å². The first-order valence-electron chi connectivity index (χ1n) is 7.33. The highest BCUT2D eigenvalue weighted by Crippen LogP contribution is 2.45. The lowest BCUT2D eigenvalue weighted by atomic mass is 9.93. The summed E-state index contributed by atoms with van der Waals surface area (Å²) >= 11 is 0. The molecule has 4 aliphatic carbocycles. The number of carbonyl (C=O) groups excluding carboxylic acids is 1. The van der Waals surface area contributed by atoms with Gasteiger partial charge in [-0.1, -0.05) is 24.3 Å². The number of allylic oxidation sites excluding steroid dienone is 4. The fourth-order valence-electron chi connectivity index (χ4n) is 4.43. The molecule has 2 heteroatoms. The Balaban J connectivity index is 1.32. The maximum absolute atomic E-state index is 12.1. The summed E-state index contributed by atoms with van der Waals surface area (Å²) in [6, 6.07) is 0. The summed E-state index contributed by atoms with van der Waals surface area (Å²) in [5.74, 6) is 3.40. The Hall–Kier alpha value is -1.05. The van der Waals surface area contributed by atoms with Crippen molar-refractivity contribution < 1.29 is 9.53 Å². The Morgan fingerprint density at radius 2 is 1.67 bits per heavy atom. The van der Waals surface area contributed by atoms with Crippen molar-refractivity contribution in [3.8, 4) is 0 Å². The molecule has 4 aliphatic rings. The lowest BCUT2D eigenvalue weighted by Gasteiger charge is -2.21. The minimum absolute atomic E-state index is 0.0682. The van der Waals surface area contributed by atoms with Crippen LogP contribution in [0.25, 0.3) is 0 Å². The summed E-state index contributed by atoms with van der Waals surface area (Å²) in [6.07, 6.45) is 13.9. The monoisotopic (exact) mass is 244 g/mol. The predicted octanol–water partition coefficient (Wildman–Crippen LogP) is 2.95. The Kier molecular flexibility index (Phi) is 2.39.